The molecular weight excluding hydrogens is 357 g/mol. The third-order valence-corrected chi connectivity index (χ3v) is 5.82. The molecule has 26 heavy (non-hydrogen) atoms. The number of benzene rings is 2. The molecule has 0 saturated carbocycles. The van der Waals surface area contributed by atoms with Crippen LogP contribution in [0.3, 0.4) is 0 Å². The lowest BCUT2D eigenvalue weighted by Crippen LogP contribution is -2.29. The van der Waals surface area contributed by atoms with Crippen LogP contribution in [0.15, 0.2) is 53.4 Å². The second-order valence-corrected chi connectivity index (χ2v) is 7.93. The minimum Gasteiger partial charge on any atom is -0.338 e. The van der Waals surface area contributed by atoms with Crippen LogP contribution in [0.25, 0.3) is 0 Å². The number of amides is 1. The molecule has 1 atom stereocenters. The third kappa shape index (κ3) is 3.86. The number of likely N-dealkylation sites (tertiary alicyclic amines) is 1. The molecule has 0 spiro atoms. The maximum atomic E-state index is 13.7. The Morgan fingerprint density at radius 3 is 2.50 bits per heavy atom. The molecule has 1 saturated heterocycles. The fourth-order valence-corrected chi connectivity index (χ4v) is 3.98. The van der Waals surface area contributed by atoms with Crippen molar-refractivity contribution in [1.29, 1.82) is 0 Å². The van der Waals surface area contributed by atoms with Crippen molar-refractivity contribution in [1.82, 2.24) is 4.90 Å². The van der Waals surface area contributed by atoms with Gasteiger partial charge in [-0.25, -0.2) is 12.8 Å². The standard InChI is InChI=1S/C18H20FN3O3S/c19-16-3-1-2-4-17(16)21-26(24,25)15-7-5-14(6-8-15)18(23)22-10-9-13(11-20)12-22/h1-8,13,21H,9-12,20H2. The Balaban J connectivity index is 1.74. The van der Waals surface area contributed by atoms with Gasteiger partial charge in [-0.3, -0.25) is 9.52 Å². The SMILES string of the molecule is NCC1CCN(C(=O)c2ccc(S(=O)(=O)Nc3ccccc3F)cc2)C1. The maximum absolute atomic E-state index is 13.7. The van der Waals surface area contributed by atoms with Gasteiger partial charge in [-0.2, -0.15) is 0 Å². The summed E-state index contributed by atoms with van der Waals surface area (Å²) in [4.78, 5) is 14.2. The molecule has 1 aliphatic heterocycles. The van der Waals surface area contributed by atoms with Crippen molar-refractivity contribution >= 4 is 21.6 Å². The highest BCUT2D eigenvalue weighted by Gasteiger charge is 2.26. The number of halogens is 1. The van der Waals surface area contributed by atoms with Crippen LogP contribution in [0, 0.1) is 11.7 Å². The number of carbonyl (C=O) groups is 1. The number of rotatable bonds is 5. The number of nitrogens with two attached hydrogens (primary N) is 1. The first-order valence-electron chi connectivity index (χ1n) is 8.27. The van der Waals surface area contributed by atoms with E-state index in [-0.39, 0.29) is 16.5 Å². The molecule has 1 fully saturated rings. The van der Waals surface area contributed by atoms with Crippen molar-refractivity contribution in [3.05, 3.63) is 59.9 Å². The molecule has 2 aromatic rings. The molecule has 1 amide bonds. The van der Waals surface area contributed by atoms with E-state index in [1.165, 1.54) is 48.5 Å². The Morgan fingerprint density at radius 2 is 1.88 bits per heavy atom. The van der Waals surface area contributed by atoms with Gasteiger partial charge in [-0.05, 0) is 55.3 Å². The van der Waals surface area contributed by atoms with E-state index in [0.717, 1.165) is 6.42 Å². The molecule has 6 nitrogen and oxygen atoms in total. The van der Waals surface area contributed by atoms with E-state index < -0.39 is 15.8 Å². The molecule has 2 aromatic carbocycles. The lowest BCUT2D eigenvalue weighted by molar-refractivity contribution is 0.0787. The highest BCUT2D eigenvalue weighted by Crippen LogP contribution is 2.21. The molecule has 8 heteroatoms. The zero-order valence-electron chi connectivity index (χ0n) is 14.1. The summed E-state index contributed by atoms with van der Waals surface area (Å²) in [7, 11) is -3.94. The Labute approximate surface area is 151 Å². The van der Waals surface area contributed by atoms with Gasteiger partial charge in [0.15, 0.2) is 0 Å². The number of carbonyl (C=O) groups excluding carboxylic acids is 1. The molecule has 0 aliphatic carbocycles. The summed E-state index contributed by atoms with van der Waals surface area (Å²) in [6.07, 6.45) is 0.876. The third-order valence-electron chi connectivity index (χ3n) is 4.44. The summed E-state index contributed by atoms with van der Waals surface area (Å²) in [5.41, 5.74) is 5.92. The van der Waals surface area contributed by atoms with E-state index in [0.29, 0.717) is 31.1 Å². The van der Waals surface area contributed by atoms with Gasteiger partial charge in [0.2, 0.25) is 0 Å². The molecule has 1 heterocycles. The van der Waals surface area contributed by atoms with Crippen molar-refractivity contribution in [3.63, 3.8) is 0 Å². The van der Waals surface area contributed by atoms with Gasteiger partial charge in [0.05, 0.1) is 10.6 Å². The number of nitrogens with one attached hydrogen (secondary N) is 1. The van der Waals surface area contributed by atoms with Crippen molar-refractivity contribution in [3.8, 4) is 0 Å². The summed E-state index contributed by atoms with van der Waals surface area (Å²) in [6, 6.07) is 11.1. The van der Waals surface area contributed by atoms with Crippen LogP contribution >= 0.6 is 0 Å². The zero-order chi connectivity index (χ0) is 18.7. The van der Waals surface area contributed by atoms with Crippen molar-refractivity contribution in [2.45, 2.75) is 11.3 Å². The largest absolute Gasteiger partial charge is 0.338 e. The summed E-state index contributed by atoms with van der Waals surface area (Å²) >= 11 is 0. The predicted molar refractivity (Wildman–Crippen MR) is 96.7 cm³/mol. The zero-order valence-corrected chi connectivity index (χ0v) is 14.9. The lowest BCUT2D eigenvalue weighted by atomic mass is 10.1. The molecule has 138 valence electrons. The minimum atomic E-state index is -3.94. The molecule has 0 radical (unpaired) electrons. The van der Waals surface area contributed by atoms with Gasteiger partial charge < -0.3 is 10.6 Å². The number of nitrogens with zero attached hydrogens (tertiary/aromatic N) is 1. The quantitative estimate of drug-likeness (QED) is 0.834. The first kappa shape index (κ1) is 18.3. The van der Waals surface area contributed by atoms with Crippen LogP contribution in [0.5, 0.6) is 0 Å². The van der Waals surface area contributed by atoms with E-state index in [9.17, 15) is 17.6 Å². The average molecular weight is 377 g/mol. The fraction of sp³-hybridized carbons (Fsp3) is 0.278. The number of hydrogen-bond acceptors (Lipinski definition) is 4. The van der Waals surface area contributed by atoms with Gasteiger partial charge >= 0.3 is 0 Å². The summed E-state index contributed by atoms with van der Waals surface area (Å²) < 4.78 is 40.6. The highest BCUT2D eigenvalue weighted by atomic mass is 32.2. The van der Waals surface area contributed by atoms with Crippen LogP contribution in [-0.2, 0) is 10.0 Å². The van der Waals surface area contributed by atoms with E-state index in [4.69, 9.17) is 5.73 Å². The first-order valence-corrected chi connectivity index (χ1v) is 9.76. The second kappa shape index (κ2) is 7.43. The van der Waals surface area contributed by atoms with E-state index in [2.05, 4.69) is 4.72 Å². The molecule has 3 rings (SSSR count). The van der Waals surface area contributed by atoms with Gasteiger partial charge in [-0.1, -0.05) is 12.1 Å². The van der Waals surface area contributed by atoms with Crippen LogP contribution in [-0.4, -0.2) is 38.9 Å². The Hall–Kier alpha value is -2.45. The number of anilines is 1. The number of para-hydroxylation sites is 1. The van der Waals surface area contributed by atoms with Crippen LogP contribution in [0.1, 0.15) is 16.8 Å². The molecule has 3 N–H and O–H groups in total. The van der Waals surface area contributed by atoms with Crippen LogP contribution in [0.4, 0.5) is 10.1 Å². The second-order valence-electron chi connectivity index (χ2n) is 6.25. The van der Waals surface area contributed by atoms with Crippen LogP contribution in [0.2, 0.25) is 0 Å². The van der Waals surface area contributed by atoms with Gasteiger partial charge in [0, 0.05) is 18.7 Å². The maximum Gasteiger partial charge on any atom is 0.261 e. The Kier molecular flexibility index (Phi) is 5.24. The summed E-state index contributed by atoms with van der Waals surface area (Å²) in [6.45, 7) is 1.81. The van der Waals surface area contributed by atoms with Crippen molar-refractivity contribution < 1.29 is 17.6 Å². The monoisotopic (exact) mass is 377 g/mol. The van der Waals surface area contributed by atoms with E-state index in [1.54, 1.807) is 4.90 Å². The molecule has 1 aliphatic rings. The molecule has 0 aromatic heterocycles. The fourth-order valence-electron chi connectivity index (χ4n) is 2.92. The molecular formula is C18H20FN3O3S. The topological polar surface area (TPSA) is 92.5 Å². The Bertz CT molecular complexity index is 900. The van der Waals surface area contributed by atoms with Crippen LogP contribution < -0.4 is 10.5 Å². The molecule has 0 bridgehead atoms. The lowest BCUT2D eigenvalue weighted by Gasteiger charge is -2.16. The predicted octanol–water partition coefficient (Wildman–Crippen LogP) is 2.05. The first-order chi connectivity index (χ1) is 12.4. The van der Waals surface area contributed by atoms with Gasteiger partial charge in [0.25, 0.3) is 15.9 Å². The highest BCUT2D eigenvalue weighted by molar-refractivity contribution is 7.92. The van der Waals surface area contributed by atoms with Crippen molar-refractivity contribution in [2.24, 2.45) is 11.7 Å². The number of hydrogen-bond donors (Lipinski definition) is 2. The smallest absolute Gasteiger partial charge is 0.261 e. The van der Waals surface area contributed by atoms with E-state index >= 15 is 0 Å². The van der Waals surface area contributed by atoms with Gasteiger partial charge in [0.1, 0.15) is 5.82 Å². The average Bonchev–Trinajstić information content (AvgIpc) is 3.12. The normalized spacial score (nSPS) is 17.3. The van der Waals surface area contributed by atoms with E-state index in [1.807, 2.05) is 0 Å². The molecule has 1 unspecified atom stereocenters. The number of sulfonamides is 1. The summed E-state index contributed by atoms with van der Waals surface area (Å²) in [5.74, 6) is -0.498. The van der Waals surface area contributed by atoms with Crippen molar-refractivity contribution in [2.75, 3.05) is 24.4 Å². The minimum absolute atomic E-state index is 0.0430. The Morgan fingerprint density at radius 1 is 1.19 bits per heavy atom. The summed E-state index contributed by atoms with van der Waals surface area (Å²) in [5, 5.41) is 0. The van der Waals surface area contributed by atoms with Gasteiger partial charge in [-0.15, -0.1) is 0 Å².